The van der Waals surface area contributed by atoms with Crippen LogP contribution in [0.5, 0.6) is 0 Å². The zero-order valence-electron chi connectivity index (χ0n) is 11.9. The van der Waals surface area contributed by atoms with Crippen LogP contribution < -0.4 is 10.6 Å². The molecular weight excluding hydrogens is 244 g/mol. The third-order valence-electron chi connectivity index (χ3n) is 2.63. The molecule has 1 aromatic rings. The summed E-state index contributed by atoms with van der Waals surface area (Å²) in [5.74, 6) is 0.546. The quantitative estimate of drug-likeness (QED) is 0.747. The maximum Gasteiger partial charge on any atom is 0.225 e. The maximum absolute atomic E-state index is 11.7. The molecule has 0 bridgehead atoms. The van der Waals surface area contributed by atoms with Gasteiger partial charge in [0.25, 0.3) is 0 Å². The van der Waals surface area contributed by atoms with Crippen LogP contribution >= 0.6 is 0 Å². The Balaban J connectivity index is 2.27. The number of hydrogen-bond acceptors (Lipinski definition) is 3. The summed E-state index contributed by atoms with van der Waals surface area (Å²) in [5, 5.41) is 5.55. The molecule has 1 rings (SSSR count). The largest absolute Gasteiger partial charge is 0.355 e. The molecule has 0 fully saturated rings. The number of hydrogen-bond donors (Lipinski definition) is 3. The number of carbonyl (C=O) groups is 2. The van der Waals surface area contributed by atoms with E-state index in [4.69, 9.17) is 0 Å². The van der Waals surface area contributed by atoms with Crippen LogP contribution in [0.2, 0.25) is 0 Å². The van der Waals surface area contributed by atoms with Crippen molar-refractivity contribution < 1.29 is 9.59 Å². The van der Waals surface area contributed by atoms with E-state index in [1.807, 2.05) is 27.7 Å². The van der Waals surface area contributed by atoms with Crippen LogP contribution in [-0.4, -0.2) is 28.3 Å². The van der Waals surface area contributed by atoms with Gasteiger partial charge in [0, 0.05) is 30.8 Å². The minimum absolute atomic E-state index is 0.0561. The van der Waals surface area contributed by atoms with Gasteiger partial charge in [-0.25, -0.2) is 4.98 Å². The fourth-order valence-electron chi connectivity index (χ4n) is 1.45. The lowest BCUT2D eigenvalue weighted by atomic mass is 9.96. The summed E-state index contributed by atoms with van der Waals surface area (Å²) in [5.41, 5.74) is -0.433. The van der Waals surface area contributed by atoms with Crippen molar-refractivity contribution in [2.45, 2.75) is 40.2 Å². The monoisotopic (exact) mass is 266 g/mol. The molecular formula is C13H22N4O2. The summed E-state index contributed by atoms with van der Waals surface area (Å²) < 4.78 is 0. The Labute approximate surface area is 113 Å². The van der Waals surface area contributed by atoms with Crippen LogP contribution in [0.3, 0.4) is 0 Å². The molecule has 0 spiro atoms. The first-order chi connectivity index (χ1) is 8.80. The Morgan fingerprint density at radius 1 is 1.42 bits per heavy atom. The van der Waals surface area contributed by atoms with Crippen molar-refractivity contribution in [1.82, 2.24) is 20.6 Å². The molecule has 3 N–H and O–H groups in total. The van der Waals surface area contributed by atoms with Gasteiger partial charge in [-0.3, -0.25) is 9.59 Å². The van der Waals surface area contributed by atoms with Crippen molar-refractivity contribution in [3.63, 3.8) is 0 Å². The standard InChI is InChI=1S/C13H22N4O2/c1-9(11-14-7-8-15-11)17-10(18)5-6-16-12(19)13(2,3)4/h7-9H,5-6H2,1-4H3,(H,14,15)(H,16,19)(H,17,18). The number of nitrogens with one attached hydrogen (secondary N) is 3. The number of carbonyl (C=O) groups excluding carboxylic acids is 2. The molecule has 6 heteroatoms. The van der Waals surface area contributed by atoms with Gasteiger partial charge >= 0.3 is 0 Å². The normalized spacial score (nSPS) is 12.8. The first kappa shape index (κ1) is 15.2. The van der Waals surface area contributed by atoms with Crippen molar-refractivity contribution in [3.8, 4) is 0 Å². The van der Waals surface area contributed by atoms with Crippen molar-refractivity contribution in [2.24, 2.45) is 5.41 Å². The molecule has 0 aliphatic heterocycles. The van der Waals surface area contributed by atoms with Crippen molar-refractivity contribution in [2.75, 3.05) is 6.54 Å². The minimum Gasteiger partial charge on any atom is -0.355 e. The van der Waals surface area contributed by atoms with Crippen molar-refractivity contribution in [1.29, 1.82) is 0 Å². The molecule has 0 saturated heterocycles. The molecule has 1 atom stereocenters. The molecule has 106 valence electrons. The second-order valence-corrected chi connectivity index (χ2v) is 5.52. The minimum atomic E-state index is -0.433. The Morgan fingerprint density at radius 2 is 2.11 bits per heavy atom. The number of amides is 2. The Bertz CT molecular complexity index is 420. The van der Waals surface area contributed by atoms with E-state index in [9.17, 15) is 9.59 Å². The summed E-state index contributed by atoms with van der Waals surface area (Å²) in [6, 6.07) is -0.166. The highest BCUT2D eigenvalue weighted by Gasteiger charge is 2.20. The average molecular weight is 266 g/mol. The topological polar surface area (TPSA) is 86.9 Å². The van der Waals surface area contributed by atoms with Crippen LogP contribution in [0.1, 0.15) is 46.0 Å². The van der Waals surface area contributed by atoms with Gasteiger partial charge in [-0.05, 0) is 6.92 Å². The van der Waals surface area contributed by atoms with Gasteiger partial charge in [0.2, 0.25) is 11.8 Å². The molecule has 19 heavy (non-hydrogen) atoms. The van der Waals surface area contributed by atoms with Crippen LogP contribution in [0, 0.1) is 5.41 Å². The maximum atomic E-state index is 11.7. The van der Waals surface area contributed by atoms with Gasteiger partial charge in [-0.1, -0.05) is 20.8 Å². The van der Waals surface area contributed by atoms with E-state index in [0.717, 1.165) is 0 Å². The highest BCUT2D eigenvalue weighted by molar-refractivity contribution is 5.82. The molecule has 1 heterocycles. The number of nitrogens with zero attached hydrogens (tertiary/aromatic N) is 1. The number of imidazole rings is 1. The van der Waals surface area contributed by atoms with Gasteiger partial charge < -0.3 is 15.6 Å². The van der Waals surface area contributed by atoms with Crippen LogP contribution in [0.25, 0.3) is 0 Å². The smallest absolute Gasteiger partial charge is 0.225 e. The highest BCUT2D eigenvalue weighted by Crippen LogP contribution is 2.12. The van der Waals surface area contributed by atoms with E-state index in [1.54, 1.807) is 12.4 Å². The molecule has 1 aromatic heterocycles. The van der Waals surface area contributed by atoms with Crippen LogP contribution in [0.4, 0.5) is 0 Å². The fourth-order valence-corrected chi connectivity index (χ4v) is 1.45. The second-order valence-electron chi connectivity index (χ2n) is 5.52. The SMILES string of the molecule is CC(NC(=O)CCNC(=O)C(C)(C)C)c1ncc[nH]1. The molecule has 0 aliphatic rings. The lowest BCUT2D eigenvalue weighted by Gasteiger charge is -2.17. The third kappa shape index (κ3) is 5.11. The van der Waals surface area contributed by atoms with E-state index in [2.05, 4.69) is 20.6 Å². The summed E-state index contributed by atoms with van der Waals surface area (Å²) in [6.07, 6.45) is 3.61. The van der Waals surface area contributed by atoms with Gasteiger partial charge in [0.1, 0.15) is 5.82 Å². The molecule has 0 aromatic carbocycles. The number of rotatable bonds is 5. The predicted octanol–water partition coefficient (Wildman–Crippen LogP) is 1.14. The Morgan fingerprint density at radius 3 is 2.63 bits per heavy atom. The summed E-state index contributed by atoms with van der Waals surface area (Å²) in [4.78, 5) is 30.3. The van der Waals surface area contributed by atoms with Gasteiger partial charge in [0.05, 0.1) is 6.04 Å². The van der Waals surface area contributed by atoms with Crippen LogP contribution in [-0.2, 0) is 9.59 Å². The lowest BCUT2D eigenvalue weighted by Crippen LogP contribution is -2.37. The Hall–Kier alpha value is -1.85. The zero-order chi connectivity index (χ0) is 14.5. The fraction of sp³-hybridized carbons (Fsp3) is 0.615. The van der Waals surface area contributed by atoms with E-state index in [0.29, 0.717) is 12.4 Å². The van der Waals surface area contributed by atoms with E-state index in [-0.39, 0.29) is 24.3 Å². The first-order valence-electron chi connectivity index (χ1n) is 6.37. The lowest BCUT2D eigenvalue weighted by molar-refractivity contribution is -0.128. The summed E-state index contributed by atoms with van der Waals surface area (Å²) in [7, 11) is 0. The van der Waals surface area contributed by atoms with Crippen LogP contribution in [0.15, 0.2) is 12.4 Å². The van der Waals surface area contributed by atoms with E-state index in [1.165, 1.54) is 0 Å². The summed E-state index contributed by atoms with van der Waals surface area (Å²) in [6.45, 7) is 7.70. The van der Waals surface area contributed by atoms with Gasteiger partial charge in [-0.2, -0.15) is 0 Å². The molecule has 0 aliphatic carbocycles. The van der Waals surface area contributed by atoms with E-state index >= 15 is 0 Å². The number of H-pyrrole nitrogens is 1. The molecule has 0 radical (unpaired) electrons. The molecule has 2 amide bonds. The summed E-state index contributed by atoms with van der Waals surface area (Å²) >= 11 is 0. The number of aromatic nitrogens is 2. The average Bonchev–Trinajstić information content (AvgIpc) is 2.80. The Kier molecular flexibility index (Phi) is 5.09. The number of aromatic amines is 1. The molecule has 1 unspecified atom stereocenters. The van der Waals surface area contributed by atoms with Gasteiger partial charge in [0.15, 0.2) is 0 Å². The zero-order valence-corrected chi connectivity index (χ0v) is 11.9. The third-order valence-corrected chi connectivity index (χ3v) is 2.63. The van der Waals surface area contributed by atoms with E-state index < -0.39 is 5.41 Å². The highest BCUT2D eigenvalue weighted by atomic mass is 16.2. The predicted molar refractivity (Wildman–Crippen MR) is 72.2 cm³/mol. The van der Waals surface area contributed by atoms with Gasteiger partial charge in [-0.15, -0.1) is 0 Å². The van der Waals surface area contributed by atoms with Crippen molar-refractivity contribution in [3.05, 3.63) is 18.2 Å². The molecule has 6 nitrogen and oxygen atoms in total. The first-order valence-corrected chi connectivity index (χ1v) is 6.37. The molecule has 0 saturated carbocycles. The van der Waals surface area contributed by atoms with Crippen molar-refractivity contribution >= 4 is 11.8 Å². The second kappa shape index (κ2) is 6.36.